The van der Waals surface area contributed by atoms with Crippen molar-refractivity contribution in [3.63, 3.8) is 0 Å². The third-order valence-electron chi connectivity index (χ3n) is 29.5. The second-order valence-electron chi connectivity index (χ2n) is 38.7. The molecule has 0 atom stereocenters. The Morgan fingerprint density at radius 3 is 0.594 bits per heavy atom. The summed E-state index contributed by atoms with van der Waals surface area (Å²) in [5.41, 5.74) is 27.7. The number of rotatable bonds is 32. The number of hydrogen-bond donors (Lipinski definition) is 0. The molecule has 0 amide bonds. The summed E-state index contributed by atoms with van der Waals surface area (Å²) >= 11 is 0. The van der Waals surface area contributed by atoms with E-state index in [0.29, 0.717) is 34.8 Å². The van der Waals surface area contributed by atoms with E-state index in [1.165, 1.54) is 250 Å². The van der Waals surface area contributed by atoms with Gasteiger partial charge in [-0.1, -0.05) is 354 Å². The molecule has 16 rings (SSSR count). The zero-order valence-corrected chi connectivity index (χ0v) is 79.0. The van der Waals surface area contributed by atoms with Crippen molar-refractivity contribution < 1.29 is 17.6 Å². The Bertz CT molecular complexity index is 5240. The van der Waals surface area contributed by atoms with Gasteiger partial charge in [-0.15, -0.1) is 0 Å². The lowest BCUT2D eigenvalue weighted by Crippen LogP contribution is -2.13. The van der Waals surface area contributed by atoms with Crippen molar-refractivity contribution in [2.75, 3.05) is 0 Å². The summed E-state index contributed by atoms with van der Waals surface area (Å²) in [4.78, 5) is 0. The smallest absolute Gasteiger partial charge is 0.131 e. The van der Waals surface area contributed by atoms with Crippen LogP contribution in [0.15, 0.2) is 267 Å². The van der Waals surface area contributed by atoms with Gasteiger partial charge in [0.05, 0.1) is 0 Å². The minimum absolute atomic E-state index is 0.0805. The van der Waals surface area contributed by atoms with Crippen LogP contribution in [0.2, 0.25) is 0 Å². The molecule has 0 aliphatic heterocycles. The molecule has 0 nitrogen and oxygen atoms in total. The van der Waals surface area contributed by atoms with Gasteiger partial charge in [-0.3, -0.25) is 0 Å². The molecular weight excluding hydrogens is 1570 g/mol. The largest absolute Gasteiger partial charge is 0.206 e. The molecule has 4 heteroatoms. The Labute approximate surface area is 770 Å². The van der Waals surface area contributed by atoms with Gasteiger partial charge in [-0.2, -0.15) is 0 Å². The van der Waals surface area contributed by atoms with Crippen molar-refractivity contribution in [1.82, 2.24) is 0 Å². The molecule has 0 heterocycles. The van der Waals surface area contributed by atoms with E-state index in [2.05, 4.69) is 274 Å². The summed E-state index contributed by atoms with van der Waals surface area (Å²) in [5, 5.41) is 0. The molecule has 4 aliphatic carbocycles. The third kappa shape index (κ3) is 28.4. The summed E-state index contributed by atoms with van der Waals surface area (Å²) in [6.07, 6.45) is 43.1. The molecule has 0 spiro atoms. The first-order valence-electron chi connectivity index (χ1n) is 50.4. The fourth-order valence-electron chi connectivity index (χ4n) is 21.1. The van der Waals surface area contributed by atoms with E-state index in [9.17, 15) is 8.78 Å². The number of aryl methyl sites for hydroxylation is 12. The van der Waals surface area contributed by atoms with E-state index in [1.807, 2.05) is 24.3 Å². The van der Waals surface area contributed by atoms with Crippen LogP contribution >= 0.6 is 0 Å². The Morgan fingerprint density at radius 2 is 0.398 bits per heavy atom. The van der Waals surface area contributed by atoms with Crippen molar-refractivity contribution in [2.45, 2.75) is 310 Å². The topological polar surface area (TPSA) is 0 Å². The maximum absolute atomic E-state index is 15.0. The highest BCUT2D eigenvalue weighted by Gasteiger charge is 2.28. The van der Waals surface area contributed by atoms with E-state index >= 15 is 8.78 Å². The second kappa shape index (κ2) is 49.9. The van der Waals surface area contributed by atoms with E-state index in [-0.39, 0.29) is 23.3 Å². The molecule has 0 saturated heterocycles. The molecule has 672 valence electrons. The van der Waals surface area contributed by atoms with Crippen molar-refractivity contribution in [2.24, 2.45) is 23.7 Å². The van der Waals surface area contributed by atoms with E-state index in [1.54, 1.807) is 24.3 Å². The highest BCUT2D eigenvalue weighted by molar-refractivity contribution is 5.68. The van der Waals surface area contributed by atoms with Crippen LogP contribution in [-0.4, -0.2) is 0 Å². The van der Waals surface area contributed by atoms with Crippen LogP contribution in [-0.2, 0) is 70.6 Å². The van der Waals surface area contributed by atoms with Crippen LogP contribution < -0.4 is 0 Å². The van der Waals surface area contributed by atoms with Gasteiger partial charge < -0.3 is 0 Å². The van der Waals surface area contributed by atoms with Crippen LogP contribution in [0.25, 0.3) is 44.5 Å². The van der Waals surface area contributed by atoms with Crippen molar-refractivity contribution in [3.8, 4) is 44.5 Å². The summed E-state index contributed by atoms with van der Waals surface area (Å²) in [5.74, 6) is 5.31. The van der Waals surface area contributed by atoms with Crippen molar-refractivity contribution in [3.05, 3.63) is 379 Å². The van der Waals surface area contributed by atoms with Crippen LogP contribution in [0.5, 0.6) is 0 Å². The van der Waals surface area contributed by atoms with Gasteiger partial charge in [0.2, 0.25) is 0 Å². The zero-order chi connectivity index (χ0) is 89.4. The van der Waals surface area contributed by atoms with E-state index in [4.69, 9.17) is 0 Å². The lowest BCUT2D eigenvalue weighted by molar-refractivity contribution is 0.308. The first-order chi connectivity index (χ1) is 62.6. The predicted octanol–water partition coefficient (Wildman–Crippen LogP) is 35.8. The number of halogens is 4. The molecule has 4 aliphatic rings. The molecule has 12 aromatic carbocycles. The Kier molecular flexibility index (Phi) is 37.4. The van der Waals surface area contributed by atoms with E-state index < -0.39 is 0 Å². The van der Waals surface area contributed by atoms with Gasteiger partial charge in [0.25, 0.3) is 0 Å². The van der Waals surface area contributed by atoms with Gasteiger partial charge >= 0.3 is 0 Å². The first kappa shape index (κ1) is 95.9. The third-order valence-corrected chi connectivity index (χ3v) is 29.5. The summed E-state index contributed by atoms with van der Waals surface area (Å²) < 4.78 is 60.0. The maximum atomic E-state index is 15.0. The van der Waals surface area contributed by atoms with Crippen LogP contribution in [0, 0.1) is 53.9 Å². The average molecular weight is 1710 g/mol. The highest BCUT2D eigenvalue weighted by Crippen LogP contribution is 2.44. The Morgan fingerprint density at radius 1 is 0.203 bits per heavy atom. The van der Waals surface area contributed by atoms with Crippen LogP contribution in [0.3, 0.4) is 0 Å². The minimum Gasteiger partial charge on any atom is -0.206 e. The fourth-order valence-corrected chi connectivity index (χ4v) is 21.1. The second-order valence-corrected chi connectivity index (χ2v) is 38.7. The first-order valence-corrected chi connectivity index (χ1v) is 50.4. The number of hydrogen-bond acceptors (Lipinski definition) is 0. The molecule has 4 saturated carbocycles. The highest BCUT2D eigenvalue weighted by atomic mass is 19.1. The SMILES string of the molecule is CCCC1CCC(c2ccc(-c3ccc(CCc4ccc(C)cc4)cc3)c(F)c2)CC1.CCCC1CCC(c2ccc(-c3ccc(CCc4ccc(CC)cc4)cc3)c(F)c2)CC1.CCCc1ccc(CCc2ccc(-c3ccc(C4CCC(CC)CC4)cc3F)cc2)cc1.CCCc1ccc(CCc2ccc(-c3ccc(C4CCC(CCC)CC4)cc3F)cc2)cc1. The average Bonchev–Trinajstić information content (AvgIpc) is 0.824. The molecule has 0 N–H and O–H groups in total. The minimum atomic E-state index is -0.0833. The summed E-state index contributed by atoms with van der Waals surface area (Å²) in [6, 6.07) is 93.3. The van der Waals surface area contributed by atoms with Crippen molar-refractivity contribution in [1.29, 1.82) is 0 Å². The van der Waals surface area contributed by atoms with Gasteiger partial charge in [0.15, 0.2) is 0 Å². The molecule has 4 fully saturated rings. The van der Waals surface area contributed by atoms with Crippen molar-refractivity contribution >= 4 is 0 Å². The molecular formula is C124H148F4. The molecule has 0 unspecified atom stereocenters. The van der Waals surface area contributed by atoms with E-state index in [0.717, 1.165) is 128 Å². The predicted molar refractivity (Wildman–Crippen MR) is 539 cm³/mol. The lowest BCUT2D eigenvalue weighted by atomic mass is 9.77. The zero-order valence-electron chi connectivity index (χ0n) is 79.0. The summed E-state index contributed by atoms with van der Waals surface area (Å²) in [6.45, 7) is 17.9. The van der Waals surface area contributed by atoms with Gasteiger partial charge in [0, 0.05) is 22.3 Å². The molecule has 0 aromatic heterocycles. The van der Waals surface area contributed by atoms with Gasteiger partial charge in [-0.05, 0) is 358 Å². The normalized spacial score (nSPS) is 18.6. The molecule has 0 radical (unpaired) electrons. The lowest BCUT2D eigenvalue weighted by Gasteiger charge is -2.28. The standard InChI is InChI=1S/C32H39F.2C31H37F.C30H35F/c1-3-5-24-7-9-26(10-8-24)11-12-27-15-19-29(20-16-27)31-22-21-30(23-32(31)33)28-17-13-25(6-4-2)14-18-28;1-3-5-24-6-8-25(9-7-24)10-11-26-14-18-28(19-15-26)30-21-20-29(22-31(30)32)27-16-12-23(4-2)13-17-27;1-3-5-24-12-16-27(17-13-24)29-20-21-30(31(32)22-29)28-18-14-26(15-19-28)11-10-25-8-6-23(4-2)7-9-25;1-3-4-23-11-15-26(16-12-23)28-19-20-29(30(31)21-28)27-17-13-25(14-18-27)10-9-24-7-5-22(2)6-8-24/h7-10,15-16,19-23,25,28H,3-6,11-14,17-18H2,1-2H3;6-9,14-15,18-23,27H,3-5,10-13,16-17H2,1-2H3;6-9,14-15,18-22,24,27H,3-5,10-13,16-17H2,1-2H3;5-8,13-14,17-21,23,26H,3-4,9-12,15-16H2,1-2H3. The fraction of sp³-hybridized carbons (Fsp3) is 0.419. The summed E-state index contributed by atoms with van der Waals surface area (Å²) in [7, 11) is 0. The monoisotopic (exact) mass is 1710 g/mol. The molecule has 0 bridgehead atoms. The molecule has 12 aromatic rings. The Hall–Kier alpha value is -9.64. The molecule has 128 heavy (non-hydrogen) atoms. The number of benzene rings is 12. The van der Waals surface area contributed by atoms with Gasteiger partial charge in [-0.25, -0.2) is 17.6 Å². The van der Waals surface area contributed by atoms with Gasteiger partial charge in [0.1, 0.15) is 23.3 Å². The van der Waals surface area contributed by atoms with Crippen LogP contribution in [0.4, 0.5) is 17.6 Å². The Balaban J connectivity index is 0.000000146. The maximum Gasteiger partial charge on any atom is 0.131 e. The quantitative estimate of drug-likeness (QED) is 0.0369. The van der Waals surface area contributed by atoms with Crippen LogP contribution in [0.1, 0.15) is 322 Å².